The smallest absolute Gasteiger partial charge is 0.194 e. The molecule has 0 amide bonds. The fraction of sp³-hybridized carbons (Fsp3) is 0.778. The van der Waals surface area contributed by atoms with Gasteiger partial charge in [-0.05, 0) is 18.8 Å². The van der Waals surface area contributed by atoms with Crippen molar-refractivity contribution in [2.24, 2.45) is 10.9 Å². The summed E-state index contributed by atoms with van der Waals surface area (Å²) in [6.07, 6.45) is 5.66. The highest BCUT2D eigenvalue weighted by Gasteiger charge is 2.32. The van der Waals surface area contributed by atoms with Crippen molar-refractivity contribution in [2.45, 2.75) is 51.9 Å². The number of hydrogen-bond donors (Lipinski definition) is 1. The number of ether oxygens (including phenoxy) is 2. The zero-order chi connectivity index (χ0) is 17.6. The Labute approximate surface area is 154 Å². The molecule has 1 N–H and O–H groups in total. The molecule has 140 valence electrons. The lowest BCUT2D eigenvalue weighted by Crippen LogP contribution is -2.53. The zero-order valence-electron chi connectivity index (χ0n) is 15.5. The number of hydrogen-bond acceptors (Lipinski definition) is 5. The minimum absolute atomic E-state index is 0.149. The maximum absolute atomic E-state index is 5.93. The van der Waals surface area contributed by atoms with E-state index in [9.17, 15) is 0 Å². The Kier molecular flexibility index (Phi) is 6.67. The van der Waals surface area contributed by atoms with Gasteiger partial charge in [-0.3, -0.25) is 4.99 Å². The lowest BCUT2D eigenvalue weighted by molar-refractivity contribution is -0.0817. The minimum atomic E-state index is 0.149. The highest BCUT2D eigenvalue weighted by atomic mass is 32.1. The fourth-order valence-electron chi connectivity index (χ4n) is 3.36. The number of morpholine rings is 1. The monoisotopic (exact) mass is 366 g/mol. The van der Waals surface area contributed by atoms with Crippen LogP contribution in [0.1, 0.15) is 36.6 Å². The van der Waals surface area contributed by atoms with Crippen molar-refractivity contribution in [3.63, 3.8) is 0 Å². The summed E-state index contributed by atoms with van der Waals surface area (Å²) in [5, 5.41) is 4.70. The molecule has 0 spiro atoms. The maximum atomic E-state index is 5.93. The minimum Gasteiger partial charge on any atom is -0.375 e. The summed E-state index contributed by atoms with van der Waals surface area (Å²) >= 11 is 1.79. The van der Waals surface area contributed by atoms with Crippen LogP contribution < -0.4 is 5.32 Å². The topological polar surface area (TPSA) is 59.0 Å². The van der Waals surface area contributed by atoms with Gasteiger partial charge in [0, 0.05) is 44.2 Å². The number of guanidine groups is 1. The summed E-state index contributed by atoms with van der Waals surface area (Å²) in [6.45, 7) is 8.51. The molecule has 0 radical (unpaired) electrons. The first-order chi connectivity index (χ1) is 12.2. The molecular weight excluding hydrogens is 336 g/mol. The molecule has 25 heavy (non-hydrogen) atoms. The molecule has 2 unspecified atom stereocenters. The van der Waals surface area contributed by atoms with E-state index in [4.69, 9.17) is 9.47 Å². The van der Waals surface area contributed by atoms with Crippen LogP contribution in [0.2, 0.25) is 0 Å². The van der Waals surface area contributed by atoms with Gasteiger partial charge in [0.25, 0.3) is 0 Å². The molecule has 2 aliphatic rings. The second kappa shape index (κ2) is 8.96. The summed E-state index contributed by atoms with van der Waals surface area (Å²) in [7, 11) is 1.84. The third-order valence-corrected chi connectivity index (χ3v) is 5.61. The Hall–Kier alpha value is -1.18. The van der Waals surface area contributed by atoms with Crippen LogP contribution in [0.15, 0.2) is 11.2 Å². The highest BCUT2D eigenvalue weighted by Crippen LogP contribution is 2.21. The van der Waals surface area contributed by atoms with Crippen molar-refractivity contribution < 1.29 is 9.47 Å². The molecular formula is C18H30N4O2S. The highest BCUT2D eigenvalue weighted by molar-refractivity contribution is 7.11. The van der Waals surface area contributed by atoms with E-state index in [0.29, 0.717) is 5.92 Å². The Morgan fingerprint density at radius 2 is 2.24 bits per heavy atom. The molecule has 2 atom stereocenters. The van der Waals surface area contributed by atoms with Crippen LogP contribution in [0.5, 0.6) is 0 Å². The summed E-state index contributed by atoms with van der Waals surface area (Å²) in [4.78, 5) is 12.5. The van der Waals surface area contributed by atoms with Crippen LogP contribution in [0.4, 0.5) is 0 Å². The number of aromatic nitrogens is 1. The summed E-state index contributed by atoms with van der Waals surface area (Å²) in [5.74, 6) is 1.58. The second-order valence-electron chi connectivity index (χ2n) is 7.13. The molecule has 3 heterocycles. The van der Waals surface area contributed by atoms with E-state index in [0.717, 1.165) is 58.1 Å². The van der Waals surface area contributed by atoms with Gasteiger partial charge >= 0.3 is 0 Å². The predicted molar refractivity (Wildman–Crippen MR) is 101 cm³/mol. The fourth-order valence-corrected chi connectivity index (χ4v) is 4.43. The van der Waals surface area contributed by atoms with Crippen LogP contribution in [0, 0.1) is 5.92 Å². The van der Waals surface area contributed by atoms with Gasteiger partial charge < -0.3 is 19.7 Å². The number of thiazole rings is 1. The number of nitrogens with one attached hydrogen (secondary N) is 1. The van der Waals surface area contributed by atoms with Crippen molar-refractivity contribution in [1.29, 1.82) is 0 Å². The van der Waals surface area contributed by atoms with Gasteiger partial charge in [-0.15, -0.1) is 11.3 Å². The molecule has 1 aromatic heterocycles. The van der Waals surface area contributed by atoms with E-state index in [-0.39, 0.29) is 12.2 Å². The zero-order valence-corrected chi connectivity index (χ0v) is 16.3. The normalized spacial score (nSPS) is 25.0. The number of aliphatic imine (C=N–C) groups is 1. The van der Waals surface area contributed by atoms with Gasteiger partial charge in [0.05, 0.1) is 24.3 Å². The largest absolute Gasteiger partial charge is 0.375 e. The SMILES string of the molecule is CN=C(NCc1cnc(CC(C)C)s1)N1CCOC(C2CCCO2)C1. The van der Waals surface area contributed by atoms with Crippen molar-refractivity contribution in [3.05, 3.63) is 16.1 Å². The average molecular weight is 367 g/mol. The number of rotatable bonds is 5. The molecule has 0 aliphatic carbocycles. The lowest BCUT2D eigenvalue weighted by atomic mass is 10.1. The molecule has 0 aromatic carbocycles. The molecule has 7 heteroatoms. The predicted octanol–water partition coefficient (Wildman–Crippen LogP) is 2.30. The third-order valence-electron chi connectivity index (χ3n) is 4.59. The summed E-state index contributed by atoms with van der Waals surface area (Å²) in [6, 6.07) is 0. The van der Waals surface area contributed by atoms with Gasteiger partial charge in [0.2, 0.25) is 0 Å². The maximum Gasteiger partial charge on any atom is 0.194 e. The van der Waals surface area contributed by atoms with Crippen molar-refractivity contribution in [2.75, 3.05) is 33.4 Å². The molecule has 0 saturated carbocycles. The van der Waals surface area contributed by atoms with Crippen molar-refractivity contribution in [3.8, 4) is 0 Å². The first-order valence-electron chi connectivity index (χ1n) is 9.28. The number of nitrogens with zero attached hydrogens (tertiary/aromatic N) is 3. The van der Waals surface area contributed by atoms with Crippen LogP contribution in [0.3, 0.4) is 0 Å². The van der Waals surface area contributed by atoms with Gasteiger partial charge in [-0.2, -0.15) is 0 Å². The van der Waals surface area contributed by atoms with E-state index in [2.05, 4.69) is 34.0 Å². The molecule has 2 aliphatic heterocycles. The summed E-state index contributed by atoms with van der Waals surface area (Å²) in [5.41, 5.74) is 0. The van der Waals surface area contributed by atoms with E-state index >= 15 is 0 Å². The lowest BCUT2D eigenvalue weighted by Gasteiger charge is -2.37. The Bertz CT molecular complexity index is 569. The molecule has 2 saturated heterocycles. The van der Waals surface area contributed by atoms with Crippen LogP contribution in [-0.4, -0.2) is 61.4 Å². The van der Waals surface area contributed by atoms with Crippen LogP contribution >= 0.6 is 11.3 Å². The first kappa shape index (κ1) is 18.6. The molecule has 6 nitrogen and oxygen atoms in total. The second-order valence-corrected chi connectivity index (χ2v) is 8.33. The van der Waals surface area contributed by atoms with Crippen molar-refractivity contribution in [1.82, 2.24) is 15.2 Å². The van der Waals surface area contributed by atoms with E-state index in [1.54, 1.807) is 11.3 Å². The van der Waals surface area contributed by atoms with Gasteiger partial charge in [0.1, 0.15) is 6.10 Å². The standard InChI is InChI=1S/C18H30N4O2S/c1-13(2)9-17-20-10-14(25-17)11-21-18(19-3)22-6-8-24-16(12-22)15-5-4-7-23-15/h10,13,15-16H,4-9,11-12H2,1-3H3,(H,19,21). The molecule has 3 rings (SSSR count). The molecule has 2 fully saturated rings. The molecule has 1 aromatic rings. The van der Waals surface area contributed by atoms with Gasteiger partial charge in [0.15, 0.2) is 5.96 Å². The Balaban J connectivity index is 1.52. The molecule has 0 bridgehead atoms. The third kappa shape index (κ3) is 5.15. The first-order valence-corrected chi connectivity index (χ1v) is 10.1. The van der Waals surface area contributed by atoms with Crippen molar-refractivity contribution >= 4 is 17.3 Å². The quantitative estimate of drug-likeness (QED) is 0.640. The van der Waals surface area contributed by atoms with Crippen LogP contribution in [0.25, 0.3) is 0 Å². The van der Waals surface area contributed by atoms with E-state index in [1.165, 1.54) is 9.88 Å². The summed E-state index contributed by atoms with van der Waals surface area (Å²) < 4.78 is 11.7. The van der Waals surface area contributed by atoms with E-state index in [1.807, 2.05) is 13.2 Å². The van der Waals surface area contributed by atoms with E-state index < -0.39 is 0 Å². The van der Waals surface area contributed by atoms with Crippen LogP contribution in [-0.2, 0) is 22.4 Å². The Morgan fingerprint density at radius 3 is 2.96 bits per heavy atom. The Morgan fingerprint density at radius 1 is 1.40 bits per heavy atom. The van der Waals surface area contributed by atoms with Gasteiger partial charge in [-0.1, -0.05) is 13.8 Å². The average Bonchev–Trinajstić information content (AvgIpc) is 3.27. The van der Waals surface area contributed by atoms with Gasteiger partial charge in [-0.25, -0.2) is 4.98 Å².